The topological polar surface area (TPSA) is 81.0 Å². The second kappa shape index (κ2) is 5.16. The fourth-order valence-corrected chi connectivity index (χ4v) is 2.11. The molecule has 0 aliphatic heterocycles. The number of fused-ring (bicyclic) bond motifs is 1. The van der Waals surface area contributed by atoms with E-state index in [1.807, 2.05) is 30.3 Å². The smallest absolute Gasteiger partial charge is 0.275 e. The Morgan fingerprint density at radius 3 is 2.76 bits per heavy atom. The van der Waals surface area contributed by atoms with Crippen LogP contribution in [0.4, 0.5) is 11.5 Å². The molecule has 0 aliphatic rings. The molecule has 2 heterocycles. The van der Waals surface area contributed by atoms with Crippen LogP contribution in [0.5, 0.6) is 0 Å². The lowest BCUT2D eigenvalue weighted by atomic mass is 10.1. The second-order valence-electron chi connectivity index (χ2n) is 4.52. The number of nitro groups is 1. The zero-order valence-corrected chi connectivity index (χ0v) is 11.3. The summed E-state index contributed by atoms with van der Waals surface area (Å²) in [6.45, 7) is 0. The number of hydrogen-bond acceptors (Lipinski definition) is 5. The molecule has 6 nitrogen and oxygen atoms in total. The summed E-state index contributed by atoms with van der Waals surface area (Å²) in [5, 5.41) is 14.8. The number of hydrogen-bond donors (Lipinski definition) is 1. The number of nitrogens with one attached hydrogen (secondary N) is 1. The van der Waals surface area contributed by atoms with E-state index >= 15 is 0 Å². The van der Waals surface area contributed by atoms with Crippen molar-refractivity contribution in [2.45, 2.75) is 0 Å². The fourth-order valence-electron chi connectivity index (χ4n) is 2.11. The molecule has 3 rings (SSSR count). The van der Waals surface area contributed by atoms with Gasteiger partial charge in [-0.05, 0) is 12.1 Å². The highest BCUT2D eigenvalue weighted by Gasteiger charge is 2.12. The zero-order chi connectivity index (χ0) is 14.8. The molecule has 0 radical (unpaired) electrons. The van der Waals surface area contributed by atoms with Gasteiger partial charge in [-0.15, -0.1) is 0 Å². The molecule has 2 aromatic heterocycles. The van der Waals surface area contributed by atoms with E-state index in [1.165, 1.54) is 12.1 Å². The van der Waals surface area contributed by atoms with Crippen molar-refractivity contribution in [1.82, 2.24) is 9.97 Å². The Labute approximate surface area is 120 Å². The van der Waals surface area contributed by atoms with Gasteiger partial charge in [-0.2, -0.15) is 0 Å². The molecule has 0 unspecified atom stereocenters. The van der Waals surface area contributed by atoms with E-state index in [9.17, 15) is 10.1 Å². The minimum atomic E-state index is -0.430. The largest absolute Gasteiger partial charge is 0.373 e. The lowest BCUT2D eigenvalue weighted by Crippen LogP contribution is -1.97. The van der Waals surface area contributed by atoms with Gasteiger partial charge in [0.15, 0.2) is 0 Å². The average molecular weight is 280 g/mol. The maximum absolute atomic E-state index is 11.0. The highest BCUT2D eigenvalue weighted by atomic mass is 16.6. The van der Waals surface area contributed by atoms with E-state index in [-0.39, 0.29) is 5.69 Å². The molecule has 0 amide bonds. The van der Waals surface area contributed by atoms with Gasteiger partial charge in [0.05, 0.1) is 22.2 Å². The summed E-state index contributed by atoms with van der Waals surface area (Å²) >= 11 is 0. The van der Waals surface area contributed by atoms with E-state index in [4.69, 9.17) is 0 Å². The summed E-state index contributed by atoms with van der Waals surface area (Å²) in [4.78, 5) is 19.3. The Kier molecular flexibility index (Phi) is 3.19. The second-order valence-corrected chi connectivity index (χ2v) is 4.52. The van der Waals surface area contributed by atoms with Crippen molar-refractivity contribution in [2.24, 2.45) is 0 Å². The molecule has 0 saturated carbocycles. The van der Waals surface area contributed by atoms with Crippen LogP contribution in [0.15, 0.2) is 48.7 Å². The van der Waals surface area contributed by atoms with Gasteiger partial charge in [-0.1, -0.05) is 18.2 Å². The first kappa shape index (κ1) is 13.0. The van der Waals surface area contributed by atoms with Crippen LogP contribution in [-0.4, -0.2) is 21.9 Å². The predicted molar refractivity (Wildman–Crippen MR) is 81.2 cm³/mol. The first-order valence-corrected chi connectivity index (χ1v) is 6.37. The Bertz CT molecular complexity index is 833. The minimum Gasteiger partial charge on any atom is -0.373 e. The molecule has 1 N–H and O–H groups in total. The third kappa shape index (κ3) is 2.51. The SMILES string of the molecule is CNc1cc([N+](=O)[O-])cc(-c2cnc3ccccc3c2)n1. The van der Waals surface area contributed by atoms with E-state index in [0.717, 1.165) is 16.5 Å². The van der Waals surface area contributed by atoms with Crippen LogP contribution >= 0.6 is 0 Å². The van der Waals surface area contributed by atoms with Crippen LogP contribution in [0.3, 0.4) is 0 Å². The first-order chi connectivity index (χ1) is 10.2. The van der Waals surface area contributed by atoms with Crippen molar-refractivity contribution in [3.05, 3.63) is 58.8 Å². The van der Waals surface area contributed by atoms with Gasteiger partial charge >= 0.3 is 0 Å². The van der Waals surface area contributed by atoms with E-state index in [1.54, 1.807) is 13.2 Å². The molecule has 0 bridgehead atoms. The van der Waals surface area contributed by atoms with Gasteiger partial charge in [-0.3, -0.25) is 15.1 Å². The van der Waals surface area contributed by atoms with Gasteiger partial charge in [0, 0.05) is 30.3 Å². The quantitative estimate of drug-likeness (QED) is 0.588. The summed E-state index contributed by atoms with van der Waals surface area (Å²) in [5.74, 6) is 0.451. The molecular formula is C15H12N4O2. The molecule has 1 aromatic carbocycles. The third-order valence-corrected chi connectivity index (χ3v) is 3.16. The van der Waals surface area contributed by atoms with Crippen molar-refractivity contribution in [1.29, 1.82) is 0 Å². The van der Waals surface area contributed by atoms with E-state index in [0.29, 0.717) is 11.5 Å². The standard InChI is InChI=1S/C15H12N4O2/c1-16-15-8-12(19(20)21)7-14(18-15)11-6-10-4-2-3-5-13(10)17-9-11/h2-9H,1H3,(H,16,18). The first-order valence-electron chi connectivity index (χ1n) is 6.37. The number of anilines is 1. The van der Waals surface area contributed by atoms with Crippen LogP contribution in [0.1, 0.15) is 0 Å². The molecule has 0 atom stereocenters. The highest BCUT2D eigenvalue weighted by molar-refractivity contribution is 5.83. The molecule has 21 heavy (non-hydrogen) atoms. The fraction of sp³-hybridized carbons (Fsp3) is 0.0667. The summed E-state index contributed by atoms with van der Waals surface area (Å²) in [6.07, 6.45) is 1.67. The van der Waals surface area contributed by atoms with Gasteiger partial charge in [-0.25, -0.2) is 4.98 Å². The normalized spacial score (nSPS) is 10.5. The van der Waals surface area contributed by atoms with Crippen LogP contribution in [-0.2, 0) is 0 Å². The van der Waals surface area contributed by atoms with Crippen LogP contribution in [0.25, 0.3) is 22.2 Å². The highest BCUT2D eigenvalue weighted by Crippen LogP contribution is 2.26. The van der Waals surface area contributed by atoms with Crippen molar-refractivity contribution >= 4 is 22.4 Å². The molecule has 0 saturated heterocycles. The zero-order valence-electron chi connectivity index (χ0n) is 11.3. The maximum Gasteiger partial charge on any atom is 0.275 e. The summed E-state index contributed by atoms with van der Waals surface area (Å²) in [6, 6.07) is 12.5. The van der Waals surface area contributed by atoms with E-state index in [2.05, 4.69) is 15.3 Å². The van der Waals surface area contributed by atoms with Crippen molar-refractivity contribution in [3.63, 3.8) is 0 Å². The van der Waals surface area contributed by atoms with Gasteiger partial charge in [0.25, 0.3) is 5.69 Å². The van der Waals surface area contributed by atoms with Crippen LogP contribution in [0, 0.1) is 10.1 Å². The third-order valence-electron chi connectivity index (χ3n) is 3.16. The van der Waals surface area contributed by atoms with Crippen LogP contribution in [0.2, 0.25) is 0 Å². The summed E-state index contributed by atoms with van der Waals surface area (Å²) in [5.41, 5.74) is 2.14. The van der Waals surface area contributed by atoms with Crippen molar-refractivity contribution in [3.8, 4) is 11.3 Å². The van der Waals surface area contributed by atoms with Gasteiger partial charge < -0.3 is 5.32 Å². The Morgan fingerprint density at radius 1 is 1.19 bits per heavy atom. The number of pyridine rings is 2. The van der Waals surface area contributed by atoms with Crippen molar-refractivity contribution < 1.29 is 4.92 Å². The Hall–Kier alpha value is -3.02. The maximum atomic E-state index is 11.0. The lowest BCUT2D eigenvalue weighted by molar-refractivity contribution is -0.384. The minimum absolute atomic E-state index is 0.00231. The molecule has 6 heteroatoms. The number of para-hydroxylation sites is 1. The van der Waals surface area contributed by atoms with Crippen molar-refractivity contribution in [2.75, 3.05) is 12.4 Å². The molecule has 0 spiro atoms. The molecule has 104 valence electrons. The monoisotopic (exact) mass is 280 g/mol. The number of rotatable bonds is 3. The van der Waals surface area contributed by atoms with Crippen LogP contribution < -0.4 is 5.32 Å². The Balaban J connectivity index is 2.16. The van der Waals surface area contributed by atoms with Gasteiger partial charge in [0.1, 0.15) is 5.82 Å². The number of benzene rings is 1. The Morgan fingerprint density at radius 2 is 2.00 bits per heavy atom. The lowest BCUT2D eigenvalue weighted by Gasteiger charge is -2.06. The summed E-state index contributed by atoms with van der Waals surface area (Å²) < 4.78 is 0. The average Bonchev–Trinajstić information content (AvgIpc) is 2.53. The molecule has 3 aromatic rings. The van der Waals surface area contributed by atoms with E-state index < -0.39 is 4.92 Å². The number of nitrogens with zero attached hydrogens (tertiary/aromatic N) is 3. The molecular weight excluding hydrogens is 268 g/mol. The predicted octanol–water partition coefficient (Wildman–Crippen LogP) is 3.25. The van der Waals surface area contributed by atoms with Gasteiger partial charge in [0.2, 0.25) is 0 Å². The molecule has 0 fully saturated rings. The molecule has 0 aliphatic carbocycles. The number of aromatic nitrogens is 2. The summed E-state index contributed by atoms with van der Waals surface area (Å²) in [7, 11) is 1.68.